The van der Waals surface area contributed by atoms with Crippen LogP contribution in [0.4, 0.5) is 8.78 Å². The van der Waals surface area contributed by atoms with Crippen LogP contribution in [0.3, 0.4) is 0 Å². The highest BCUT2D eigenvalue weighted by Gasteiger charge is 2.30. The first kappa shape index (κ1) is 18.4. The molecule has 2 aromatic rings. The number of likely N-dealkylation sites (tertiary alicyclic amines) is 1. The Morgan fingerprint density at radius 1 is 1.42 bits per heavy atom. The summed E-state index contributed by atoms with van der Waals surface area (Å²) in [5.74, 6) is -2.30. The van der Waals surface area contributed by atoms with Crippen molar-refractivity contribution in [2.24, 2.45) is 0 Å². The molecule has 0 radical (unpaired) electrons. The highest BCUT2D eigenvalue weighted by molar-refractivity contribution is 5.92. The molecule has 0 spiro atoms. The third kappa shape index (κ3) is 4.03. The van der Waals surface area contributed by atoms with Crippen LogP contribution >= 0.6 is 0 Å². The van der Waals surface area contributed by atoms with Crippen molar-refractivity contribution in [1.82, 2.24) is 9.88 Å². The zero-order valence-corrected chi connectivity index (χ0v) is 14.7. The molecule has 7 heteroatoms. The SMILES string of the molecule is CCCCC1CCCN1C(=O)c1coc(COc2cccc(F)c2F)n1. The average Bonchev–Trinajstić information content (AvgIpc) is 3.30. The summed E-state index contributed by atoms with van der Waals surface area (Å²) < 4.78 is 37.2. The van der Waals surface area contributed by atoms with Crippen LogP contribution in [0.5, 0.6) is 5.75 Å². The van der Waals surface area contributed by atoms with E-state index in [4.69, 9.17) is 9.15 Å². The number of rotatable bonds is 7. The van der Waals surface area contributed by atoms with Gasteiger partial charge in [0.25, 0.3) is 5.91 Å². The van der Waals surface area contributed by atoms with E-state index >= 15 is 0 Å². The van der Waals surface area contributed by atoms with Crippen molar-refractivity contribution < 1.29 is 22.7 Å². The Bertz CT molecular complexity index is 763. The Morgan fingerprint density at radius 3 is 3.08 bits per heavy atom. The molecule has 3 rings (SSSR count). The molecule has 1 atom stereocenters. The van der Waals surface area contributed by atoms with E-state index in [0.717, 1.165) is 44.7 Å². The Balaban J connectivity index is 1.62. The standard InChI is InChI=1S/C19H22F2N2O3/c1-2-3-6-13-7-5-10-23(13)19(24)15-11-26-17(22-15)12-25-16-9-4-8-14(20)18(16)21/h4,8-9,11,13H,2-3,5-7,10,12H2,1H3. The van der Waals surface area contributed by atoms with E-state index in [9.17, 15) is 13.6 Å². The molecule has 1 aliphatic heterocycles. The van der Waals surface area contributed by atoms with Gasteiger partial charge in [-0.25, -0.2) is 9.37 Å². The first-order chi connectivity index (χ1) is 12.6. The van der Waals surface area contributed by atoms with E-state index in [1.807, 2.05) is 4.90 Å². The smallest absolute Gasteiger partial charge is 0.276 e. The quantitative estimate of drug-likeness (QED) is 0.734. The fourth-order valence-corrected chi connectivity index (χ4v) is 3.20. The number of nitrogens with zero attached hydrogens (tertiary/aromatic N) is 2. The average molecular weight is 364 g/mol. The van der Waals surface area contributed by atoms with E-state index in [1.54, 1.807) is 0 Å². The van der Waals surface area contributed by atoms with Gasteiger partial charge < -0.3 is 14.1 Å². The summed E-state index contributed by atoms with van der Waals surface area (Å²) in [6, 6.07) is 3.92. The van der Waals surface area contributed by atoms with E-state index in [-0.39, 0.29) is 35.9 Å². The van der Waals surface area contributed by atoms with E-state index in [1.165, 1.54) is 18.4 Å². The van der Waals surface area contributed by atoms with Gasteiger partial charge >= 0.3 is 0 Å². The molecule has 1 amide bonds. The topological polar surface area (TPSA) is 55.6 Å². The van der Waals surface area contributed by atoms with Gasteiger partial charge in [0.15, 0.2) is 23.9 Å². The van der Waals surface area contributed by atoms with Gasteiger partial charge in [-0.05, 0) is 31.4 Å². The number of amides is 1. The molecule has 1 aromatic heterocycles. The minimum Gasteiger partial charge on any atom is -0.481 e. The number of unbranched alkanes of at least 4 members (excludes halogenated alkanes) is 1. The number of ether oxygens (including phenoxy) is 1. The number of aromatic nitrogens is 1. The number of oxazole rings is 1. The number of carbonyl (C=O) groups excluding carboxylic acids is 1. The number of halogens is 2. The number of hydrogen-bond acceptors (Lipinski definition) is 4. The Hall–Kier alpha value is -2.44. The lowest BCUT2D eigenvalue weighted by Crippen LogP contribution is -2.35. The van der Waals surface area contributed by atoms with Gasteiger partial charge in [-0.1, -0.05) is 25.8 Å². The van der Waals surface area contributed by atoms with E-state index < -0.39 is 11.6 Å². The van der Waals surface area contributed by atoms with Crippen molar-refractivity contribution in [2.45, 2.75) is 51.7 Å². The van der Waals surface area contributed by atoms with Gasteiger partial charge in [0.05, 0.1) is 0 Å². The minimum atomic E-state index is -1.06. The molecule has 1 unspecified atom stereocenters. The molecule has 0 aliphatic carbocycles. The van der Waals surface area contributed by atoms with Crippen LogP contribution in [0, 0.1) is 11.6 Å². The summed E-state index contributed by atoms with van der Waals surface area (Å²) in [5, 5.41) is 0. The summed E-state index contributed by atoms with van der Waals surface area (Å²) in [4.78, 5) is 18.6. The van der Waals surface area contributed by atoms with Gasteiger partial charge in [-0.2, -0.15) is 4.39 Å². The van der Waals surface area contributed by atoms with Gasteiger partial charge in [0.1, 0.15) is 6.26 Å². The lowest BCUT2D eigenvalue weighted by atomic mass is 10.1. The van der Waals surface area contributed by atoms with E-state index in [0.29, 0.717) is 0 Å². The van der Waals surface area contributed by atoms with Crippen LogP contribution in [-0.4, -0.2) is 28.4 Å². The van der Waals surface area contributed by atoms with Crippen LogP contribution in [0.2, 0.25) is 0 Å². The van der Waals surface area contributed by atoms with Crippen molar-refractivity contribution >= 4 is 5.91 Å². The molecule has 1 fully saturated rings. The van der Waals surface area contributed by atoms with Crippen LogP contribution < -0.4 is 4.74 Å². The van der Waals surface area contributed by atoms with E-state index in [2.05, 4.69) is 11.9 Å². The molecule has 1 saturated heterocycles. The van der Waals surface area contributed by atoms with Crippen LogP contribution in [0.25, 0.3) is 0 Å². The largest absolute Gasteiger partial charge is 0.481 e. The second-order valence-electron chi connectivity index (χ2n) is 6.40. The Morgan fingerprint density at radius 2 is 2.27 bits per heavy atom. The number of hydrogen-bond donors (Lipinski definition) is 0. The molecule has 0 N–H and O–H groups in total. The van der Waals surface area contributed by atoms with Crippen LogP contribution in [-0.2, 0) is 6.61 Å². The highest BCUT2D eigenvalue weighted by Crippen LogP contribution is 2.24. The third-order valence-corrected chi connectivity index (χ3v) is 4.57. The predicted molar refractivity (Wildman–Crippen MR) is 90.8 cm³/mol. The minimum absolute atomic E-state index is 0.140. The molecule has 1 aromatic carbocycles. The first-order valence-corrected chi connectivity index (χ1v) is 8.92. The zero-order chi connectivity index (χ0) is 18.5. The van der Waals surface area contributed by atoms with Gasteiger partial charge in [0.2, 0.25) is 11.7 Å². The fraction of sp³-hybridized carbons (Fsp3) is 0.474. The third-order valence-electron chi connectivity index (χ3n) is 4.57. The van der Waals surface area contributed by atoms with Gasteiger partial charge in [0, 0.05) is 12.6 Å². The summed E-state index contributed by atoms with van der Waals surface area (Å²) in [6.07, 6.45) is 6.48. The summed E-state index contributed by atoms with van der Waals surface area (Å²) >= 11 is 0. The van der Waals surface area contributed by atoms with Crippen molar-refractivity contribution in [3.05, 3.63) is 47.7 Å². The van der Waals surface area contributed by atoms with Crippen molar-refractivity contribution in [3.63, 3.8) is 0 Å². The molecule has 0 saturated carbocycles. The maximum atomic E-state index is 13.6. The lowest BCUT2D eigenvalue weighted by molar-refractivity contribution is 0.0723. The summed E-state index contributed by atoms with van der Waals surface area (Å²) in [5.41, 5.74) is 0.215. The second-order valence-corrected chi connectivity index (χ2v) is 6.40. The fourth-order valence-electron chi connectivity index (χ4n) is 3.20. The Labute approximate surface area is 151 Å². The normalized spacial score (nSPS) is 16.9. The zero-order valence-electron chi connectivity index (χ0n) is 14.7. The monoisotopic (exact) mass is 364 g/mol. The Kier molecular flexibility index (Phi) is 5.85. The van der Waals surface area contributed by atoms with Gasteiger partial charge in [-0.3, -0.25) is 4.79 Å². The lowest BCUT2D eigenvalue weighted by Gasteiger charge is -2.23. The molecule has 1 aliphatic rings. The number of carbonyl (C=O) groups is 1. The van der Waals surface area contributed by atoms with Crippen LogP contribution in [0.1, 0.15) is 55.4 Å². The van der Waals surface area contributed by atoms with Crippen molar-refractivity contribution in [3.8, 4) is 5.75 Å². The maximum Gasteiger partial charge on any atom is 0.276 e. The molecule has 0 bridgehead atoms. The molecule has 140 valence electrons. The molecular weight excluding hydrogens is 342 g/mol. The summed E-state index contributed by atoms with van der Waals surface area (Å²) in [7, 11) is 0. The molecular formula is C19H22F2N2O3. The molecule has 5 nitrogen and oxygen atoms in total. The van der Waals surface area contributed by atoms with Crippen molar-refractivity contribution in [1.29, 1.82) is 0 Å². The molecule has 26 heavy (non-hydrogen) atoms. The summed E-state index contributed by atoms with van der Waals surface area (Å²) in [6.45, 7) is 2.67. The maximum absolute atomic E-state index is 13.6. The molecule has 2 heterocycles. The van der Waals surface area contributed by atoms with Crippen molar-refractivity contribution in [2.75, 3.05) is 6.54 Å². The van der Waals surface area contributed by atoms with Crippen LogP contribution in [0.15, 0.2) is 28.9 Å². The van der Waals surface area contributed by atoms with Gasteiger partial charge in [-0.15, -0.1) is 0 Å². The highest BCUT2D eigenvalue weighted by atomic mass is 19.2. The second kappa shape index (κ2) is 8.29. The number of benzene rings is 1. The predicted octanol–water partition coefficient (Wildman–Crippen LogP) is 4.33. The first-order valence-electron chi connectivity index (χ1n) is 8.92.